The van der Waals surface area contributed by atoms with Crippen LogP contribution in [-0.2, 0) is 15.1 Å². The second-order valence-electron chi connectivity index (χ2n) is 11.2. The van der Waals surface area contributed by atoms with Gasteiger partial charge in [0.15, 0.2) is 11.6 Å². The summed E-state index contributed by atoms with van der Waals surface area (Å²) in [4.78, 5) is 20.2. The number of carbonyl (C=O) groups is 1. The van der Waals surface area contributed by atoms with Crippen LogP contribution in [0.4, 0.5) is 14.5 Å². The molecule has 4 aromatic rings. The Balaban J connectivity index is 1.40. The molecule has 7 nitrogen and oxygen atoms in total. The zero-order valence-corrected chi connectivity index (χ0v) is 22.2. The number of aromatic nitrogens is 3. The summed E-state index contributed by atoms with van der Waals surface area (Å²) >= 11 is 0. The number of imidazole rings is 1. The molecule has 2 aromatic heterocycles. The molecule has 202 valence electrons. The number of anilines is 1. The Hall–Kier alpha value is -3.59. The van der Waals surface area contributed by atoms with Crippen molar-refractivity contribution in [2.24, 2.45) is 5.92 Å². The van der Waals surface area contributed by atoms with Gasteiger partial charge in [0.2, 0.25) is 5.91 Å². The van der Waals surface area contributed by atoms with Gasteiger partial charge < -0.3 is 13.8 Å². The largest absolute Gasteiger partial charge is 0.381 e. The maximum atomic E-state index is 14.3. The highest BCUT2D eigenvalue weighted by molar-refractivity contribution is 6.00. The van der Waals surface area contributed by atoms with E-state index in [1.165, 1.54) is 6.07 Å². The van der Waals surface area contributed by atoms with E-state index >= 15 is 0 Å². The van der Waals surface area contributed by atoms with Crippen LogP contribution in [-0.4, -0.2) is 33.8 Å². The lowest BCUT2D eigenvalue weighted by molar-refractivity contribution is -0.118. The average Bonchev–Trinajstić information content (AvgIpc) is 3.18. The van der Waals surface area contributed by atoms with E-state index in [0.717, 1.165) is 83.7 Å². The van der Waals surface area contributed by atoms with Gasteiger partial charge in [-0.25, -0.2) is 13.8 Å². The third-order valence-electron chi connectivity index (χ3n) is 9.04. The normalized spacial score (nSPS) is 26.4. The van der Waals surface area contributed by atoms with Crippen molar-refractivity contribution in [2.75, 3.05) is 12.0 Å². The van der Waals surface area contributed by atoms with Crippen molar-refractivity contribution in [3.05, 3.63) is 65.3 Å². The first-order chi connectivity index (χ1) is 18.8. The number of hydrogen-bond donors (Lipinski definition) is 0. The molecule has 3 heterocycles. The minimum atomic E-state index is -0.963. The molecule has 0 spiro atoms. The molecule has 3 fully saturated rings. The predicted molar refractivity (Wildman–Crippen MR) is 141 cm³/mol. The van der Waals surface area contributed by atoms with Gasteiger partial charge in [0.25, 0.3) is 0 Å². The molecular formula is C30H30F2N4O3. The van der Waals surface area contributed by atoms with Crippen LogP contribution in [0, 0.1) is 31.4 Å². The summed E-state index contributed by atoms with van der Waals surface area (Å²) in [6.07, 6.45) is 5.10. The van der Waals surface area contributed by atoms with Crippen LogP contribution in [0.25, 0.3) is 22.2 Å². The Labute approximate surface area is 224 Å². The Kier molecular flexibility index (Phi) is 5.46. The highest BCUT2D eigenvalue weighted by Crippen LogP contribution is 2.64. The number of halogens is 2. The second kappa shape index (κ2) is 8.71. The lowest BCUT2D eigenvalue weighted by atomic mass is 9.92. The molecule has 2 aromatic carbocycles. The molecule has 1 amide bonds. The number of amides is 1. The first-order valence-electron chi connectivity index (χ1n) is 13.6. The highest BCUT2D eigenvalue weighted by Gasteiger charge is 2.69. The third kappa shape index (κ3) is 3.58. The van der Waals surface area contributed by atoms with Crippen molar-refractivity contribution in [1.29, 1.82) is 0 Å². The highest BCUT2D eigenvalue weighted by atomic mass is 19.2. The summed E-state index contributed by atoms with van der Waals surface area (Å²) in [7, 11) is 1.76. The number of hydrogen-bond acceptors (Lipinski definition) is 5. The number of ether oxygens (including phenoxy) is 1. The lowest BCUT2D eigenvalue weighted by Gasteiger charge is -2.34. The van der Waals surface area contributed by atoms with Crippen LogP contribution in [0.3, 0.4) is 0 Å². The monoisotopic (exact) mass is 532 g/mol. The molecule has 1 saturated heterocycles. The van der Waals surface area contributed by atoms with Crippen molar-refractivity contribution in [2.45, 2.75) is 70.1 Å². The van der Waals surface area contributed by atoms with E-state index in [1.54, 1.807) is 12.0 Å². The summed E-state index contributed by atoms with van der Waals surface area (Å²) in [5.74, 6) is -0.330. The molecule has 0 unspecified atom stereocenters. The molecule has 3 aliphatic rings. The molecule has 2 atom stereocenters. The Bertz CT molecular complexity index is 1600. The molecule has 7 rings (SSSR count). The third-order valence-corrected chi connectivity index (χ3v) is 9.04. The van der Waals surface area contributed by atoms with Crippen LogP contribution in [0.1, 0.15) is 61.8 Å². The zero-order valence-electron chi connectivity index (χ0n) is 22.2. The Morgan fingerprint density at radius 3 is 2.54 bits per heavy atom. The first kappa shape index (κ1) is 24.5. The first-order valence-corrected chi connectivity index (χ1v) is 13.6. The van der Waals surface area contributed by atoms with Gasteiger partial charge in [-0.1, -0.05) is 11.2 Å². The maximum Gasteiger partial charge on any atom is 0.228 e. The smallest absolute Gasteiger partial charge is 0.228 e. The molecule has 2 aliphatic carbocycles. The molecule has 1 aliphatic heterocycles. The summed E-state index contributed by atoms with van der Waals surface area (Å²) in [6.45, 7) is 3.82. The number of methoxy groups -OCH3 is 1. The summed E-state index contributed by atoms with van der Waals surface area (Å²) < 4.78 is 41.5. The van der Waals surface area contributed by atoms with Gasteiger partial charge in [-0.2, -0.15) is 0 Å². The number of rotatable bonds is 5. The van der Waals surface area contributed by atoms with Crippen LogP contribution < -0.4 is 4.90 Å². The molecule has 0 N–H and O–H groups in total. The summed E-state index contributed by atoms with van der Waals surface area (Å²) in [5.41, 5.74) is 4.28. The zero-order chi connectivity index (χ0) is 27.1. The molecule has 39 heavy (non-hydrogen) atoms. The van der Waals surface area contributed by atoms with E-state index in [1.807, 2.05) is 13.8 Å². The molecule has 9 heteroatoms. The van der Waals surface area contributed by atoms with E-state index in [9.17, 15) is 13.6 Å². The van der Waals surface area contributed by atoms with Crippen molar-refractivity contribution in [1.82, 2.24) is 14.7 Å². The van der Waals surface area contributed by atoms with Crippen LogP contribution in [0.2, 0.25) is 0 Å². The minimum Gasteiger partial charge on any atom is -0.381 e. The van der Waals surface area contributed by atoms with Gasteiger partial charge in [0.1, 0.15) is 17.1 Å². The number of fused-ring (bicyclic) bond motifs is 2. The number of carbonyl (C=O) groups excluding carboxylic acids is 1. The van der Waals surface area contributed by atoms with E-state index in [0.29, 0.717) is 12.1 Å². The Morgan fingerprint density at radius 2 is 1.85 bits per heavy atom. The van der Waals surface area contributed by atoms with Gasteiger partial charge in [0, 0.05) is 42.8 Å². The average molecular weight is 533 g/mol. The predicted octanol–water partition coefficient (Wildman–Crippen LogP) is 6.37. The van der Waals surface area contributed by atoms with Crippen LogP contribution in [0.5, 0.6) is 0 Å². The molecule has 2 saturated carbocycles. The minimum absolute atomic E-state index is 0.0750. The van der Waals surface area contributed by atoms with Crippen LogP contribution in [0.15, 0.2) is 40.9 Å². The molecule has 0 bridgehead atoms. The van der Waals surface area contributed by atoms with Gasteiger partial charge >= 0.3 is 0 Å². The lowest BCUT2D eigenvalue weighted by Crippen LogP contribution is -2.39. The van der Waals surface area contributed by atoms with Crippen molar-refractivity contribution < 1.29 is 22.8 Å². The van der Waals surface area contributed by atoms with E-state index in [4.69, 9.17) is 14.2 Å². The SMILES string of the molecule is CO[C@H]1CC[C@H](n2c([C@]34C[C@H]3CC(=O)N4c3ccc(F)c(F)c3)nc3cc(-c4c(C)noc4C)ccc32)CC1. The fraction of sp³-hybridized carbons (Fsp3) is 0.433. The van der Waals surface area contributed by atoms with E-state index < -0.39 is 17.2 Å². The molecule has 0 radical (unpaired) electrons. The number of piperidine rings is 1. The fourth-order valence-electron chi connectivity index (χ4n) is 7.09. The summed E-state index contributed by atoms with van der Waals surface area (Å²) in [5, 5.41) is 4.12. The van der Waals surface area contributed by atoms with Gasteiger partial charge in [0.05, 0.1) is 22.8 Å². The van der Waals surface area contributed by atoms with E-state index in [-0.39, 0.29) is 24.0 Å². The topological polar surface area (TPSA) is 73.4 Å². The number of benzene rings is 2. The number of nitrogens with zero attached hydrogens (tertiary/aromatic N) is 4. The number of aryl methyl sites for hydroxylation is 2. The van der Waals surface area contributed by atoms with Gasteiger partial charge in [-0.15, -0.1) is 0 Å². The summed E-state index contributed by atoms with van der Waals surface area (Å²) in [6, 6.07) is 10.1. The van der Waals surface area contributed by atoms with E-state index in [2.05, 4.69) is 27.9 Å². The Morgan fingerprint density at radius 1 is 1.05 bits per heavy atom. The fourth-order valence-corrected chi connectivity index (χ4v) is 7.09. The molecular weight excluding hydrogens is 502 g/mol. The quantitative estimate of drug-likeness (QED) is 0.299. The maximum absolute atomic E-state index is 14.3. The van der Waals surface area contributed by atoms with Gasteiger partial charge in [-0.3, -0.25) is 9.69 Å². The van der Waals surface area contributed by atoms with Crippen molar-refractivity contribution in [3.8, 4) is 11.1 Å². The van der Waals surface area contributed by atoms with Crippen LogP contribution >= 0.6 is 0 Å². The standard InChI is InChI=1S/C30H30F2N4O3/c1-16-28(17(2)39-34-16)18-4-11-26-25(12-18)33-29(35(26)20-5-8-22(38-3)9-6-20)30-15-19(30)13-27(37)36(30)21-7-10-23(31)24(32)14-21/h4,7,10-12,14,19-20,22H,5-6,8-9,13,15H2,1-3H3/t19-,20-,22-,30+/m1/s1. The second-order valence-corrected chi connectivity index (χ2v) is 11.2. The van der Waals surface area contributed by atoms with Gasteiger partial charge in [-0.05, 0) is 75.8 Å². The van der Waals surface area contributed by atoms with Crippen molar-refractivity contribution in [3.63, 3.8) is 0 Å². The van der Waals surface area contributed by atoms with Crippen molar-refractivity contribution >= 4 is 22.6 Å².